The van der Waals surface area contributed by atoms with Gasteiger partial charge in [0, 0.05) is 11.5 Å². The van der Waals surface area contributed by atoms with Crippen LogP contribution in [-0.2, 0) is 9.57 Å². The molecule has 22 heavy (non-hydrogen) atoms. The quantitative estimate of drug-likeness (QED) is 0.810. The van der Waals surface area contributed by atoms with E-state index in [1.807, 2.05) is 24.3 Å². The van der Waals surface area contributed by atoms with Crippen molar-refractivity contribution in [1.82, 2.24) is 5.06 Å². The molecule has 0 saturated carbocycles. The smallest absolute Gasteiger partial charge is 0.434 e. The SMILES string of the molecule is CCOC(=O)N1OC[C@H]2COc3ccc4ccccc4c3[C@H]21. The molecule has 2 aromatic carbocycles. The number of carbonyl (C=O) groups is 1. The van der Waals surface area contributed by atoms with E-state index < -0.39 is 6.09 Å². The molecule has 1 saturated heterocycles. The summed E-state index contributed by atoms with van der Waals surface area (Å²) in [5.41, 5.74) is 1.01. The van der Waals surface area contributed by atoms with Crippen LogP contribution in [0.4, 0.5) is 4.79 Å². The molecule has 0 aromatic heterocycles. The minimum atomic E-state index is -0.434. The van der Waals surface area contributed by atoms with E-state index in [1.165, 1.54) is 5.06 Å². The first kappa shape index (κ1) is 13.4. The molecule has 2 aromatic rings. The zero-order chi connectivity index (χ0) is 15.1. The molecule has 114 valence electrons. The zero-order valence-corrected chi connectivity index (χ0v) is 12.3. The van der Waals surface area contributed by atoms with E-state index in [9.17, 15) is 4.79 Å². The van der Waals surface area contributed by atoms with E-state index in [0.29, 0.717) is 19.8 Å². The Labute approximate surface area is 128 Å². The fraction of sp³-hybridized carbons (Fsp3) is 0.353. The van der Waals surface area contributed by atoms with Crippen LogP contribution in [-0.4, -0.2) is 31.0 Å². The number of nitrogens with zero attached hydrogens (tertiary/aromatic N) is 1. The second-order valence-electron chi connectivity index (χ2n) is 5.53. The van der Waals surface area contributed by atoms with Gasteiger partial charge < -0.3 is 9.47 Å². The molecule has 2 atom stereocenters. The van der Waals surface area contributed by atoms with E-state index in [1.54, 1.807) is 6.92 Å². The number of benzene rings is 2. The summed E-state index contributed by atoms with van der Waals surface area (Å²) in [7, 11) is 0. The van der Waals surface area contributed by atoms with Gasteiger partial charge in [-0.25, -0.2) is 4.79 Å². The van der Waals surface area contributed by atoms with Gasteiger partial charge in [0.2, 0.25) is 0 Å². The Morgan fingerprint density at radius 3 is 3.00 bits per heavy atom. The van der Waals surface area contributed by atoms with Crippen molar-refractivity contribution in [3.63, 3.8) is 0 Å². The molecule has 1 fully saturated rings. The van der Waals surface area contributed by atoms with Gasteiger partial charge in [0.25, 0.3) is 0 Å². The van der Waals surface area contributed by atoms with Gasteiger partial charge in [-0.3, -0.25) is 4.84 Å². The molecular formula is C17H17NO4. The molecule has 0 unspecified atom stereocenters. The molecule has 5 heteroatoms. The van der Waals surface area contributed by atoms with Crippen LogP contribution in [0.25, 0.3) is 10.8 Å². The number of ether oxygens (including phenoxy) is 2. The Kier molecular flexibility index (Phi) is 3.15. The molecule has 0 spiro atoms. The van der Waals surface area contributed by atoms with Crippen LogP contribution < -0.4 is 4.74 Å². The molecule has 2 aliphatic rings. The van der Waals surface area contributed by atoms with Gasteiger partial charge in [-0.15, -0.1) is 0 Å². The monoisotopic (exact) mass is 299 g/mol. The average molecular weight is 299 g/mol. The summed E-state index contributed by atoms with van der Waals surface area (Å²) in [5.74, 6) is 0.947. The first-order valence-electron chi connectivity index (χ1n) is 7.53. The molecular weight excluding hydrogens is 282 g/mol. The summed E-state index contributed by atoms with van der Waals surface area (Å²) in [4.78, 5) is 17.8. The summed E-state index contributed by atoms with van der Waals surface area (Å²) >= 11 is 0. The summed E-state index contributed by atoms with van der Waals surface area (Å²) in [5, 5.41) is 3.60. The fourth-order valence-corrected chi connectivity index (χ4v) is 3.29. The lowest BCUT2D eigenvalue weighted by Gasteiger charge is -2.31. The van der Waals surface area contributed by atoms with Crippen molar-refractivity contribution in [2.75, 3.05) is 19.8 Å². The maximum atomic E-state index is 12.2. The molecule has 0 bridgehead atoms. The van der Waals surface area contributed by atoms with Gasteiger partial charge in [-0.1, -0.05) is 30.3 Å². The summed E-state index contributed by atoms with van der Waals surface area (Å²) < 4.78 is 11.0. The largest absolute Gasteiger partial charge is 0.493 e. The normalized spacial score (nSPS) is 22.9. The Morgan fingerprint density at radius 2 is 2.14 bits per heavy atom. The number of hydrogen-bond acceptors (Lipinski definition) is 4. The van der Waals surface area contributed by atoms with E-state index in [-0.39, 0.29) is 12.0 Å². The summed E-state index contributed by atoms with van der Waals surface area (Å²) in [6.07, 6.45) is -0.434. The van der Waals surface area contributed by atoms with Crippen molar-refractivity contribution in [3.8, 4) is 5.75 Å². The topological polar surface area (TPSA) is 48.0 Å². The summed E-state index contributed by atoms with van der Waals surface area (Å²) in [6.45, 7) is 3.13. The molecule has 0 radical (unpaired) electrons. The van der Waals surface area contributed by atoms with E-state index in [4.69, 9.17) is 14.3 Å². The first-order chi connectivity index (χ1) is 10.8. The van der Waals surface area contributed by atoms with Gasteiger partial charge in [0.05, 0.1) is 19.8 Å². The van der Waals surface area contributed by atoms with Crippen molar-refractivity contribution in [1.29, 1.82) is 0 Å². The van der Waals surface area contributed by atoms with Crippen LogP contribution in [0, 0.1) is 5.92 Å². The third-order valence-electron chi connectivity index (χ3n) is 4.25. The van der Waals surface area contributed by atoms with Gasteiger partial charge in [-0.2, -0.15) is 5.06 Å². The van der Waals surface area contributed by atoms with Crippen LogP contribution in [0.15, 0.2) is 36.4 Å². The maximum absolute atomic E-state index is 12.2. The predicted molar refractivity (Wildman–Crippen MR) is 80.5 cm³/mol. The van der Waals surface area contributed by atoms with E-state index in [2.05, 4.69) is 12.1 Å². The molecule has 0 aliphatic carbocycles. The predicted octanol–water partition coefficient (Wildman–Crippen LogP) is 3.29. The van der Waals surface area contributed by atoms with Crippen molar-refractivity contribution in [2.24, 2.45) is 5.92 Å². The first-order valence-corrected chi connectivity index (χ1v) is 7.53. The van der Waals surface area contributed by atoms with Crippen molar-refractivity contribution in [2.45, 2.75) is 13.0 Å². The number of hydrogen-bond donors (Lipinski definition) is 0. The Balaban J connectivity index is 1.85. The second kappa shape index (κ2) is 5.18. The third-order valence-corrected chi connectivity index (χ3v) is 4.25. The van der Waals surface area contributed by atoms with Gasteiger partial charge in [0.15, 0.2) is 0 Å². The molecule has 2 heterocycles. The number of amides is 1. The van der Waals surface area contributed by atoms with Crippen LogP contribution in [0.2, 0.25) is 0 Å². The molecule has 0 N–H and O–H groups in total. The highest BCUT2D eigenvalue weighted by Crippen LogP contribution is 2.46. The number of fused-ring (bicyclic) bond motifs is 5. The van der Waals surface area contributed by atoms with Crippen LogP contribution in [0.3, 0.4) is 0 Å². The lowest BCUT2D eigenvalue weighted by Crippen LogP contribution is -2.35. The third kappa shape index (κ3) is 1.93. The summed E-state index contributed by atoms with van der Waals surface area (Å²) in [6, 6.07) is 12.0. The lowest BCUT2D eigenvalue weighted by atomic mass is 9.88. The lowest BCUT2D eigenvalue weighted by molar-refractivity contribution is -0.111. The molecule has 2 aliphatic heterocycles. The number of carbonyl (C=O) groups excluding carboxylic acids is 1. The van der Waals surface area contributed by atoms with E-state index >= 15 is 0 Å². The Bertz CT molecular complexity index is 730. The standard InChI is InChI=1S/C17H17NO4/c1-2-20-17(19)18-16-12(10-22-18)9-21-14-8-7-11-5-3-4-6-13(11)15(14)16/h3-8,12,16H,2,9-10H2,1H3/t12-,16+/m1/s1. The number of hydroxylamine groups is 2. The highest BCUT2D eigenvalue weighted by molar-refractivity contribution is 5.89. The molecule has 1 amide bonds. The number of rotatable bonds is 1. The highest BCUT2D eigenvalue weighted by atomic mass is 16.7. The van der Waals surface area contributed by atoms with Gasteiger partial charge >= 0.3 is 6.09 Å². The van der Waals surface area contributed by atoms with Crippen molar-refractivity contribution >= 4 is 16.9 Å². The second-order valence-corrected chi connectivity index (χ2v) is 5.53. The van der Waals surface area contributed by atoms with Crippen LogP contribution in [0.1, 0.15) is 18.5 Å². The van der Waals surface area contributed by atoms with Crippen molar-refractivity contribution < 1.29 is 19.1 Å². The average Bonchev–Trinajstić information content (AvgIpc) is 2.99. The Morgan fingerprint density at radius 1 is 1.27 bits per heavy atom. The van der Waals surface area contributed by atoms with Crippen LogP contribution >= 0.6 is 0 Å². The van der Waals surface area contributed by atoms with Crippen molar-refractivity contribution in [3.05, 3.63) is 42.0 Å². The maximum Gasteiger partial charge on any atom is 0.434 e. The highest BCUT2D eigenvalue weighted by Gasteiger charge is 2.45. The minimum absolute atomic E-state index is 0.128. The van der Waals surface area contributed by atoms with Gasteiger partial charge in [-0.05, 0) is 23.8 Å². The van der Waals surface area contributed by atoms with E-state index in [0.717, 1.165) is 22.1 Å². The molecule has 4 rings (SSSR count). The molecule has 5 nitrogen and oxygen atoms in total. The Hall–Kier alpha value is -2.27. The fourth-order valence-electron chi connectivity index (χ4n) is 3.29. The van der Waals surface area contributed by atoms with Crippen LogP contribution in [0.5, 0.6) is 5.75 Å². The van der Waals surface area contributed by atoms with Gasteiger partial charge in [0.1, 0.15) is 11.8 Å². The zero-order valence-electron chi connectivity index (χ0n) is 12.3. The minimum Gasteiger partial charge on any atom is -0.493 e.